The third-order valence-electron chi connectivity index (χ3n) is 5.31. The van der Waals surface area contributed by atoms with Crippen molar-refractivity contribution in [3.05, 3.63) is 41.4 Å². The van der Waals surface area contributed by atoms with Gasteiger partial charge in [-0.25, -0.2) is 19.3 Å². The van der Waals surface area contributed by atoms with Crippen LogP contribution in [0.3, 0.4) is 0 Å². The molecule has 9 heteroatoms. The van der Waals surface area contributed by atoms with E-state index in [2.05, 4.69) is 25.5 Å². The highest BCUT2D eigenvalue weighted by atomic mass is 35.5. The lowest BCUT2D eigenvalue weighted by molar-refractivity contribution is 0.414. The maximum absolute atomic E-state index is 14.4. The number of methoxy groups -OCH3 is 1. The first-order valence-electron chi connectivity index (χ1n) is 9.04. The largest absolute Gasteiger partial charge is 0.495 e. The number of ether oxygens (including phenoxy) is 1. The molecule has 5 rings (SSSR count). The van der Waals surface area contributed by atoms with Crippen LogP contribution in [0.2, 0.25) is 5.02 Å². The van der Waals surface area contributed by atoms with Crippen molar-refractivity contribution in [1.29, 1.82) is 0 Å². The Balaban J connectivity index is 1.54. The lowest BCUT2D eigenvalue weighted by atomic mass is 10.2. The van der Waals surface area contributed by atoms with Crippen LogP contribution in [0.5, 0.6) is 5.75 Å². The molecule has 2 atom stereocenters. The molecule has 2 saturated heterocycles. The fourth-order valence-corrected chi connectivity index (χ4v) is 4.16. The van der Waals surface area contributed by atoms with Crippen LogP contribution in [-0.2, 0) is 0 Å². The number of fused-ring (bicyclic) bond motifs is 3. The van der Waals surface area contributed by atoms with Crippen LogP contribution in [0.25, 0.3) is 11.0 Å². The summed E-state index contributed by atoms with van der Waals surface area (Å²) in [6.45, 7) is 1.90. The third kappa shape index (κ3) is 2.89. The van der Waals surface area contributed by atoms with Crippen LogP contribution >= 0.6 is 11.6 Å². The van der Waals surface area contributed by atoms with Gasteiger partial charge in [0.05, 0.1) is 23.3 Å². The number of halogens is 2. The van der Waals surface area contributed by atoms with Gasteiger partial charge in [0.15, 0.2) is 5.82 Å². The standard InChI is InChI=1S/C19H18ClFN6O/c1-28-16-6-15(13(21)5-12(16)20)25-19-18-14(23-9-24-19)2-3-17(26-18)27-8-10-4-11(27)7-22-10/h2-3,5-6,9-11,22H,4,7-8H2,1H3,(H,23,24,25)/t10-,11-/m0/s1. The predicted octanol–water partition coefficient (Wildman–Crippen LogP) is 3.12. The van der Waals surface area contributed by atoms with E-state index in [4.69, 9.17) is 21.3 Å². The molecule has 0 spiro atoms. The Labute approximate surface area is 165 Å². The van der Waals surface area contributed by atoms with E-state index in [0.717, 1.165) is 25.3 Å². The Bertz CT molecular complexity index is 1060. The normalized spacial score (nSPS) is 20.8. The second kappa shape index (κ2) is 6.72. The summed E-state index contributed by atoms with van der Waals surface area (Å²) in [4.78, 5) is 15.7. The summed E-state index contributed by atoms with van der Waals surface area (Å²) in [7, 11) is 1.48. The number of anilines is 3. The number of rotatable bonds is 4. The van der Waals surface area contributed by atoms with Crippen LogP contribution in [0.1, 0.15) is 6.42 Å². The minimum Gasteiger partial charge on any atom is -0.495 e. The van der Waals surface area contributed by atoms with E-state index < -0.39 is 5.82 Å². The number of benzene rings is 1. The molecule has 2 aliphatic rings. The zero-order valence-corrected chi connectivity index (χ0v) is 15.9. The third-order valence-corrected chi connectivity index (χ3v) is 5.61. The Hall–Kier alpha value is -2.71. The van der Waals surface area contributed by atoms with Crippen molar-refractivity contribution >= 4 is 40.0 Å². The van der Waals surface area contributed by atoms with Gasteiger partial charge in [-0.3, -0.25) is 0 Å². The summed E-state index contributed by atoms with van der Waals surface area (Å²) < 4.78 is 19.6. The molecule has 2 aromatic heterocycles. The highest BCUT2D eigenvalue weighted by Gasteiger charge is 2.38. The maximum atomic E-state index is 14.4. The SMILES string of the molecule is COc1cc(Nc2ncnc3ccc(N4C[C@@H]5C[C@H]4CN5)nc23)c(F)cc1Cl. The van der Waals surface area contributed by atoms with Crippen molar-refractivity contribution < 1.29 is 9.13 Å². The van der Waals surface area contributed by atoms with E-state index >= 15 is 0 Å². The monoisotopic (exact) mass is 400 g/mol. The van der Waals surface area contributed by atoms with Gasteiger partial charge in [-0.05, 0) is 24.6 Å². The molecular formula is C19H18ClFN6O. The number of aromatic nitrogens is 3. The molecular weight excluding hydrogens is 383 g/mol. The lowest BCUT2D eigenvalue weighted by Crippen LogP contribution is -2.44. The maximum Gasteiger partial charge on any atom is 0.160 e. The van der Waals surface area contributed by atoms with Crippen molar-refractivity contribution in [3.8, 4) is 5.75 Å². The van der Waals surface area contributed by atoms with E-state index in [1.807, 2.05) is 12.1 Å². The quantitative estimate of drug-likeness (QED) is 0.696. The topological polar surface area (TPSA) is 75.2 Å². The molecule has 1 aromatic carbocycles. The smallest absolute Gasteiger partial charge is 0.160 e. The molecule has 4 heterocycles. The van der Waals surface area contributed by atoms with Gasteiger partial charge < -0.3 is 20.3 Å². The highest BCUT2D eigenvalue weighted by molar-refractivity contribution is 6.32. The second-order valence-electron chi connectivity index (χ2n) is 7.00. The van der Waals surface area contributed by atoms with Crippen molar-refractivity contribution in [2.45, 2.75) is 18.5 Å². The fourth-order valence-electron chi connectivity index (χ4n) is 3.93. The molecule has 3 aromatic rings. The van der Waals surface area contributed by atoms with Crippen molar-refractivity contribution in [1.82, 2.24) is 20.3 Å². The van der Waals surface area contributed by atoms with Crippen LogP contribution in [0, 0.1) is 5.82 Å². The molecule has 2 N–H and O–H groups in total. The second-order valence-corrected chi connectivity index (χ2v) is 7.41. The molecule has 0 unspecified atom stereocenters. The molecule has 28 heavy (non-hydrogen) atoms. The number of hydrogen-bond donors (Lipinski definition) is 2. The van der Waals surface area contributed by atoms with Crippen molar-refractivity contribution in [2.75, 3.05) is 30.4 Å². The first-order valence-corrected chi connectivity index (χ1v) is 9.42. The fraction of sp³-hybridized carbons (Fsp3) is 0.316. The first kappa shape index (κ1) is 17.4. The highest BCUT2D eigenvalue weighted by Crippen LogP contribution is 2.34. The van der Waals surface area contributed by atoms with E-state index in [1.165, 1.54) is 25.6 Å². The minimum atomic E-state index is -0.503. The van der Waals surface area contributed by atoms with E-state index in [1.54, 1.807) is 0 Å². The molecule has 0 amide bonds. The van der Waals surface area contributed by atoms with Gasteiger partial charge in [0.1, 0.15) is 29.2 Å². The van der Waals surface area contributed by atoms with E-state index in [-0.39, 0.29) is 10.7 Å². The van der Waals surface area contributed by atoms with Crippen molar-refractivity contribution in [2.24, 2.45) is 0 Å². The van der Waals surface area contributed by atoms with Gasteiger partial charge >= 0.3 is 0 Å². The Kier molecular flexibility index (Phi) is 4.17. The Morgan fingerprint density at radius 3 is 2.96 bits per heavy atom. The molecule has 2 aliphatic heterocycles. The van der Waals surface area contributed by atoms with Gasteiger partial charge in [-0.2, -0.15) is 0 Å². The van der Waals surface area contributed by atoms with E-state index in [9.17, 15) is 4.39 Å². The zero-order chi connectivity index (χ0) is 19.3. The lowest BCUT2D eigenvalue weighted by Gasteiger charge is -2.28. The predicted molar refractivity (Wildman–Crippen MR) is 106 cm³/mol. The molecule has 2 bridgehead atoms. The average Bonchev–Trinajstić information content (AvgIpc) is 3.33. The zero-order valence-electron chi connectivity index (χ0n) is 15.1. The summed E-state index contributed by atoms with van der Waals surface area (Å²) in [5, 5.41) is 6.70. The molecule has 7 nitrogen and oxygen atoms in total. The number of hydrogen-bond acceptors (Lipinski definition) is 7. The summed E-state index contributed by atoms with van der Waals surface area (Å²) in [6.07, 6.45) is 2.56. The van der Waals surface area contributed by atoms with Crippen molar-refractivity contribution in [3.63, 3.8) is 0 Å². The van der Waals surface area contributed by atoms with Crippen LogP contribution in [0.15, 0.2) is 30.6 Å². The van der Waals surface area contributed by atoms with Gasteiger partial charge in [0.25, 0.3) is 0 Å². The van der Waals surface area contributed by atoms with Crippen LogP contribution < -0.4 is 20.3 Å². The number of piperazine rings is 1. The van der Waals surface area contributed by atoms with Gasteiger partial charge in [-0.1, -0.05) is 11.6 Å². The summed E-state index contributed by atoms with van der Waals surface area (Å²) in [6, 6.07) is 7.57. The molecule has 144 valence electrons. The first-order chi connectivity index (χ1) is 13.6. The minimum absolute atomic E-state index is 0.205. The molecule has 0 radical (unpaired) electrons. The molecule has 2 fully saturated rings. The number of pyridine rings is 1. The number of nitrogens with zero attached hydrogens (tertiary/aromatic N) is 4. The van der Waals surface area contributed by atoms with Gasteiger partial charge in [0, 0.05) is 31.2 Å². The summed E-state index contributed by atoms with van der Waals surface area (Å²) >= 11 is 5.98. The Morgan fingerprint density at radius 2 is 2.21 bits per heavy atom. The molecule has 0 saturated carbocycles. The van der Waals surface area contributed by atoms with E-state index in [0.29, 0.717) is 34.7 Å². The van der Waals surface area contributed by atoms with Crippen LogP contribution in [0.4, 0.5) is 21.7 Å². The summed E-state index contributed by atoms with van der Waals surface area (Å²) in [5.74, 6) is 1.18. The Morgan fingerprint density at radius 1 is 1.32 bits per heavy atom. The van der Waals surface area contributed by atoms with Crippen LogP contribution in [-0.4, -0.2) is 47.2 Å². The number of nitrogens with one attached hydrogen (secondary N) is 2. The molecule has 0 aliphatic carbocycles. The summed E-state index contributed by atoms with van der Waals surface area (Å²) in [5.41, 5.74) is 1.48. The van der Waals surface area contributed by atoms with Gasteiger partial charge in [0.2, 0.25) is 0 Å². The van der Waals surface area contributed by atoms with Gasteiger partial charge in [-0.15, -0.1) is 0 Å². The average molecular weight is 401 g/mol.